The molecule has 1 aliphatic rings. The lowest BCUT2D eigenvalue weighted by molar-refractivity contribution is 0.388. The van der Waals surface area contributed by atoms with E-state index >= 15 is 0 Å². The van der Waals surface area contributed by atoms with Crippen molar-refractivity contribution in [3.05, 3.63) is 23.8 Å². The average Bonchev–Trinajstić information content (AvgIpc) is 2.30. The standard InChI is InChI=1S/C14H21NOS/c1-11-7-8-14(13(15)9-11)17(16)10-12-5-3-2-4-6-12/h7-9,12H,2-6,10,15H2,1H3. The van der Waals surface area contributed by atoms with Crippen molar-refractivity contribution in [2.24, 2.45) is 5.92 Å². The van der Waals surface area contributed by atoms with Crippen molar-refractivity contribution >= 4 is 16.5 Å². The number of hydrogen-bond donors (Lipinski definition) is 1. The summed E-state index contributed by atoms with van der Waals surface area (Å²) in [6.45, 7) is 2.00. The Kier molecular flexibility index (Phi) is 4.21. The van der Waals surface area contributed by atoms with Gasteiger partial charge in [0, 0.05) is 11.4 Å². The lowest BCUT2D eigenvalue weighted by atomic mass is 9.91. The third-order valence-corrected chi connectivity index (χ3v) is 5.16. The predicted molar refractivity (Wildman–Crippen MR) is 73.4 cm³/mol. The van der Waals surface area contributed by atoms with Crippen LogP contribution in [0, 0.1) is 12.8 Å². The van der Waals surface area contributed by atoms with Gasteiger partial charge in [0.1, 0.15) is 0 Å². The largest absolute Gasteiger partial charge is 0.398 e. The highest BCUT2D eigenvalue weighted by Crippen LogP contribution is 2.27. The van der Waals surface area contributed by atoms with E-state index in [1.807, 2.05) is 25.1 Å². The maximum absolute atomic E-state index is 12.3. The number of rotatable bonds is 3. The average molecular weight is 251 g/mol. The van der Waals surface area contributed by atoms with Gasteiger partial charge in [0.15, 0.2) is 0 Å². The van der Waals surface area contributed by atoms with Gasteiger partial charge in [-0.2, -0.15) is 0 Å². The number of hydrogen-bond acceptors (Lipinski definition) is 2. The fraction of sp³-hybridized carbons (Fsp3) is 0.571. The van der Waals surface area contributed by atoms with Gasteiger partial charge in [-0.3, -0.25) is 4.21 Å². The number of anilines is 1. The first-order valence-corrected chi connectivity index (χ1v) is 7.73. The van der Waals surface area contributed by atoms with Gasteiger partial charge in [-0.15, -0.1) is 0 Å². The first kappa shape index (κ1) is 12.6. The van der Waals surface area contributed by atoms with Crippen LogP contribution in [0.25, 0.3) is 0 Å². The number of nitrogen functional groups attached to an aromatic ring is 1. The van der Waals surface area contributed by atoms with Crippen molar-refractivity contribution in [3.8, 4) is 0 Å². The molecule has 0 aliphatic heterocycles. The molecule has 1 unspecified atom stereocenters. The Hall–Kier alpha value is -0.830. The molecule has 0 spiro atoms. The molecule has 1 saturated carbocycles. The summed E-state index contributed by atoms with van der Waals surface area (Å²) in [6, 6.07) is 5.82. The molecule has 0 aromatic heterocycles. The minimum absolute atomic E-state index is 0.630. The summed E-state index contributed by atoms with van der Waals surface area (Å²) in [4.78, 5) is 0.821. The lowest BCUT2D eigenvalue weighted by Crippen LogP contribution is -2.15. The SMILES string of the molecule is Cc1ccc(S(=O)CC2CCCCC2)c(N)c1. The van der Waals surface area contributed by atoms with Crippen molar-refractivity contribution in [1.82, 2.24) is 0 Å². The Morgan fingerprint density at radius 2 is 2.00 bits per heavy atom. The number of benzene rings is 1. The van der Waals surface area contributed by atoms with Crippen LogP contribution in [0.3, 0.4) is 0 Å². The highest BCUT2D eigenvalue weighted by atomic mass is 32.2. The molecule has 0 bridgehead atoms. The Morgan fingerprint density at radius 1 is 1.29 bits per heavy atom. The van der Waals surface area contributed by atoms with Crippen LogP contribution >= 0.6 is 0 Å². The summed E-state index contributed by atoms with van der Waals surface area (Å²) < 4.78 is 12.3. The van der Waals surface area contributed by atoms with Gasteiger partial charge in [-0.1, -0.05) is 25.3 Å². The second-order valence-electron chi connectivity index (χ2n) is 5.06. The summed E-state index contributed by atoms with van der Waals surface area (Å²) in [5.41, 5.74) is 7.74. The smallest absolute Gasteiger partial charge is 0.0617 e. The van der Waals surface area contributed by atoms with Crippen LogP contribution in [0.2, 0.25) is 0 Å². The molecule has 2 nitrogen and oxygen atoms in total. The van der Waals surface area contributed by atoms with Crippen LogP contribution in [0.4, 0.5) is 5.69 Å². The third kappa shape index (κ3) is 3.32. The van der Waals surface area contributed by atoms with E-state index in [-0.39, 0.29) is 0 Å². The van der Waals surface area contributed by atoms with Crippen LogP contribution in [-0.2, 0) is 10.8 Å². The van der Waals surface area contributed by atoms with E-state index in [0.717, 1.165) is 16.2 Å². The fourth-order valence-electron chi connectivity index (χ4n) is 2.53. The summed E-state index contributed by atoms with van der Waals surface area (Å²) in [5, 5.41) is 0. The zero-order valence-electron chi connectivity index (χ0n) is 10.4. The molecule has 3 heteroatoms. The van der Waals surface area contributed by atoms with Gasteiger partial charge >= 0.3 is 0 Å². The monoisotopic (exact) mass is 251 g/mol. The maximum Gasteiger partial charge on any atom is 0.0617 e. The van der Waals surface area contributed by atoms with E-state index in [1.165, 1.54) is 32.1 Å². The normalized spacial score (nSPS) is 19.1. The highest BCUT2D eigenvalue weighted by Gasteiger charge is 2.18. The molecule has 2 rings (SSSR count). The van der Waals surface area contributed by atoms with E-state index in [2.05, 4.69) is 0 Å². The summed E-state index contributed by atoms with van der Waals surface area (Å²) in [5.74, 6) is 1.41. The second-order valence-corrected chi connectivity index (χ2v) is 6.52. The maximum atomic E-state index is 12.3. The van der Waals surface area contributed by atoms with Crippen molar-refractivity contribution in [2.75, 3.05) is 11.5 Å². The minimum Gasteiger partial charge on any atom is -0.398 e. The molecule has 0 radical (unpaired) electrons. The molecule has 1 aromatic rings. The van der Waals surface area contributed by atoms with Crippen LogP contribution in [-0.4, -0.2) is 9.96 Å². The Balaban J connectivity index is 2.03. The zero-order valence-corrected chi connectivity index (χ0v) is 11.3. The fourth-order valence-corrected chi connectivity index (χ4v) is 4.02. The predicted octanol–water partition coefficient (Wildman–Crippen LogP) is 3.27. The van der Waals surface area contributed by atoms with E-state index in [0.29, 0.717) is 11.6 Å². The molecule has 1 aliphatic carbocycles. The van der Waals surface area contributed by atoms with Crippen LogP contribution in [0.1, 0.15) is 37.7 Å². The second kappa shape index (κ2) is 5.67. The molecule has 1 fully saturated rings. The molecule has 0 amide bonds. The van der Waals surface area contributed by atoms with Gasteiger partial charge in [-0.05, 0) is 43.4 Å². The molecule has 1 atom stereocenters. The Morgan fingerprint density at radius 3 is 2.65 bits per heavy atom. The van der Waals surface area contributed by atoms with E-state index in [4.69, 9.17) is 5.73 Å². The molecular weight excluding hydrogens is 230 g/mol. The van der Waals surface area contributed by atoms with E-state index < -0.39 is 10.8 Å². The molecular formula is C14H21NOS. The summed E-state index contributed by atoms with van der Waals surface area (Å²) in [6.07, 6.45) is 6.40. The number of nitrogens with two attached hydrogens (primary N) is 1. The molecule has 94 valence electrons. The van der Waals surface area contributed by atoms with Gasteiger partial charge in [0.2, 0.25) is 0 Å². The molecule has 1 aromatic carbocycles. The van der Waals surface area contributed by atoms with Crippen molar-refractivity contribution in [2.45, 2.75) is 43.9 Å². The minimum atomic E-state index is -0.926. The number of aryl methyl sites for hydroxylation is 1. The quantitative estimate of drug-likeness (QED) is 0.838. The molecule has 2 N–H and O–H groups in total. The van der Waals surface area contributed by atoms with Gasteiger partial charge in [0.05, 0.1) is 15.7 Å². The van der Waals surface area contributed by atoms with Gasteiger partial charge < -0.3 is 5.73 Å². The summed E-state index contributed by atoms with van der Waals surface area (Å²) in [7, 11) is -0.926. The van der Waals surface area contributed by atoms with E-state index in [9.17, 15) is 4.21 Å². The van der Waals surface area contributed by atoms with Crippen LogP contribution in [0.15, 0.2) is 23.1 Å². The van der Waals surface area contributed by atoms with E-state index in [1.54, 1.807) is 0 Å². The van der Waals surface area contributed by atoms with Crippen LogP contribution in [0.5, 0.6) is 0 Å². The molecule has 0 heterocycles. The highest BCUT2D eigenvalue weighted by molar-refractivity contribution is 7.85. The zero-order chi connectivity index (χ0) is 12.3. The van der Waals surface area contributed by atoms with Crippen molar-refractivity contribution < 1.29 is 4.21 Å². The Labute approximate surface area is 106 Å². The first-order valence-electron chi connectivity index (χ1n) is 6.41. The van der Waals surface area contributed by atoms with Gasteiger partial charge in [-0.25, -0.2) is 0 Å². The topological polar surface area (TPSA) is 43.1 Å². The molecule has 0 saturated heterocycles. The van der Waals surface area contributed by atoms with Crippen molar-refractivity contribution in [3.63, 3.8) is 0 Å². The first-order chi connectivity index (χ1) is 8.16. The van der Waals surface area contributed by atoms with Gasteiger partial charge in [0.25, 0.3) is 0 Å². The van der Waals surface area contributed by atoms with Crippen molar-refractivity contribution in [1.29, 1.82) is 0 Å². The Bertz CT molecular complexity index is 411. The van der Waals surface area contributed by atoms with Crippen LogP contribution < -0.4 is 5.73 Å². The summed E-state index contributed by atoms with van der Waals surface area (Å²) >= 11 is 0. The lowest BCUT2D eigenvalue weighted by Gasteiger charge is -2.21. The third-order valence-electron chi connectivity index (χ3n) is 3.52. The molecule has 17 heavy (non-hydrogen) atoms.